The summed E-state index contributed by atoms with van der Waals surface area (Å²) >= 11 is 0. The van der Waals surface area contributed by atoms with Gasteiger partial charge >= 0.3 is 5.97 Å². The van der Waals surface area contributed by atoms with E-state index in [9.17, 15) is 14.7 Å². The fraction of sp³-hybridized carbons (Fsp3) is 0.867. The molecule has 1 N–H and O–H groups in total. The number of carboxylic acids is 1. The lowest BCUT2D eigenvalue weighted by Crippen LogP contribution is -2.65. The normalized spacial score (nSPS) is 56.0. The molecule has 184 valence electrons. The van der Waals surface area contributed by atoms with Crippen LogP contribution in [-0.2, 0) is 9.59 Å². The first kappa shape index (κ1) is 23.6. The van der Waals surface area contributed by atoms with Crippen LogP contribution in [0.15, 0.2) is 11.6 Å². The smallest absolute Gasteiger partial charge is 0.310 e. The standard InChI is InChI=1S/C30H46O3/c1-18-10-12-26(3)14-15-29(6)21(24(26)19(18)2)8-9-23-27(4)16-20(31)17-28(5,25(32)33)22(27)11-13-30(23,29)7/h8,18-19,22-24H,9-17H2,1-7H3,(H,32,33)/t18-,19+,22?,23-,24+,26-,27+,28?,29-,30-/m1/s1. The van der Waals surface area contributed by atoms with Gasteiger partial charge in [-0.25, -0.2) is 0 Å². The molecule has 0 aromatic heterocycles. The van der Waals surface area contributed by atoms with E-state index in [0.717, 1.165) is 25.2 Å². The average Bonchev–Trinajstić information content (AvgIpc) is 2.71. The molecule has 5 rings (SSSR count). The van der Waals surface area contributed by atoms with Crippen molar-refractivity contribution in [3.63, 3.8) is 0 Å². The first-order chi connectivity index (χ1) is 15.2. The Balaban J connectivity index is 1.61. The van der Waals surface area contributed by atoms with Gasteiger partial charge in [-0.1, -0.05) is 53.2 Å². The number of carbonyl (C=O) groups excluding carboxylic acids is 1. The second kappa shape index (κ2) is 6.97. The molecule has 5 aliphatic rings. The van der Waals surface area contributed by atoms with Crippen molar-refractivity contribution in [1.29, 1.82) is 0 Å². The summed E-state index contributed by atoms with van der Waals surface area (Å²) < 4.78 is 0. The summed E-state index contributed by atoms with van der Waals surface area (Å²) in [6.45, 7) is 16.8. The van der Waals surface area contributed by atoms with Crippen LogP contribution in [0, 0.1) is 56.7 Å². The maximum absolute atomic E-state index is 13.0. The van der Waals surface area contributed by atoms with Crippen LogP contribution < -0.4 is 0 Å². The molecule has 5 aliphatic carbocycles. The van der Waals surface area contributed by atoms with Crippen molar-refractivity contribution in [2.24, 2.45) is 56.7 Å². The highest BCUT2D eigenvalue weighted by Gasteiger charge is 2.69. The maximum Gasteiger partial charge on any atom is 0.310 e. The zero-order valence-electron chi connectivity index (χ0n) is 22.1. The Hall–Kier alpha value is -1.12. The molecular formula is C30H46O3. The van der Waals surface area contributed by atoms with Crippen molar-refractivity contribution in [3.05, 3.63) is 11.6 Å². The number of carbonyl (C=O) groups is 2. The van der Waals surface area contributed by atoms with E-state index in [0.29, 0.717) is 29.6 Å². The first-order valence-electron chi connectivity index (χ1n) is 13.7. The van der Waals surface area contributed by atoms with Gasteiger partial charge in [-0.3, -0.25) is 9.59 Å². The number of aliphatic carboxylic acids is 1. The number of hydrogen-bond donors (Lipinski definition) is 1. The molecule has 0 radical (unpaired) electrons. The molecule has 0 amide bonds. The molecule has 4 saturated carbocycles. The Morgan fingerprint density at radius 2 is 1.64 bits per heavy atom. The van der Waals surface area contributed by atoms with Crippen LogP contribution in [0.4, 0.5) is 0 Å². The van der Waals surface area contributed by atoms with E-state index in [-0.39, 0.29) is 34.4 Å². The predicted octanol–water partition coefficient (Wildman–Crippen LogP) is 7.30. The molecule has 0 saturated heterocycles. The van der Waals surface area contributed by atoms with Crippen LogP contribution in [0.5, 0.6) is 0 Å². The highest BCUT2D eigenvalue weighted by Crippen LogP contribution is 2.75. The summed E-state index contributed by atoms with van der Waals surface area (Å²) in [4.78, 5) is 25.5. The third-order valence-corrected chi connectivity index (χ3v) is 13.1. The van der Waals surface area contributed by atoms with Crippen LogP contribution in [0.1, 0.15) is 106 Å². The molecular weight excluding hydrogens is 408 g/mol. The molecule has 10 atom stereocenters. The summed E-state index contributed by atoms with van der Waals surface area (Å²) in [5.41, 5.74) is 1.28. The average molecular weight is 455 g/mol. The zero-order valence-corrected chi connectivity index (χ0v) is 22.1. The van der Waals surface area contributed by atoms with E-state index < -0.39 is 11.4 Å². The number of rotatable bonds is 1. The molecule has 4 fully saturated rings. The lowest BCUT2D eigenvalue weighted by Gasteiger charge is -2.70. The van der Waals surface area contributed by atoms with E-state index in [2.05, 4.69) is 47.6 Å². The van der Waals surface area contributed by atoms with Gasteiger partial charge in [0.25, 0.3) is 0 Å². The van der Waals surface area contributed by atoms with Gasteiger partial charge in [-0.2, -0.15) is 0 Å². The van der Waals surface area contributed by atoms with E-state index in [1.54, 1.807) is 5.57 Å². The first-order valence-corrected chi connectivity index (χ1v) is 13.7. The molecule has 0 heterocycles. The monoisotopic (exact) mass is 454 g/mol. The van der Waals surface area contributed by atoms with Crippen LogP contribution in [0.2, 0.25) is 0 Å². The number of allylic oxidation sites excluding steroid dienone is 2. The minimum Gasteiger partial charge on any atom is -0.481 e. The van der Waals surface area contributed by atoms with Crippen LogP contribution >= 0.6 is 0 Å². The van der Waals surface area contributed by atoms with Gasteiger partial charge in [0, 0.05) is 12.8 Å². The third kappa shape index (κ3) is 2.80. The van der Waals surface area contributed by atoms with Gasteiger partial charge in [0.2, 0.25) is 0 Å². The number of hydrogen-bond acceptors (Lipinski definition) is 2. The molecule has 33 heavy (non-hydrogen) atoms. The molecule has 0 bridgehead atoms. The summed E-state index contributed by atoms with van der Waals surface area (Å²) in [7, 11) is 0. The highest BCUT2D eigenvalue weighted by molar-refractivity contribution is 5.88. The van der Waals surface area contributed by atoms with Gasteiger partial charge in [-0.15, -0.1) is 0 Å². The summed E-state index contributed by atoms with van der Waals surface area (Å²) in [5, 5.41) is 10.2. The topological polar surface area (TPSA) is 54.4 Å². The molecule has 0 aliphatic heterocycles. The minimum atomic E-state index is -0.922. The van der Waals surface area contributed by atoms with E-state index >= 15 is 0 Å². The van der Waals surface area contributed by atoms with Crippen molar-refractivity contribution in [1.82, 2.24) is 0 Å². The molecule has 0 aromatic carbocycles. The Labute approximate surface area is 201 Å². The second-order valence-corrected chi connectivity index (χ2v) is 14.4. The van der Waals surface area contributed by atoms with E-state index in [4.69, 9.17) is 0 Å². The maximum atomic E-state index is 13.0. The van der Waals surface area contributed by atoms with Gasteiger partial charge in [0.1, 0.15) is 5.78 Å². The van der Waals surface area contributed by atoms with Crippen molar-refractivity contribution in [2.75, 3.05) is 0 Å². The quantitative estimate of drug-likeness (QED) is 0.423. The predicted molar refractivity (Wildman–Crippen MR) is 132 cm³/mol. The number of fused-ring (bicyclic) bond motifs is 7. The fourth-order valence-electron chi connectivity index (χ4n) is 10.8. The third-order valence-electron chi connectivity index (χ3n) is 13.1. The van der Waals surface area contributed by atoms with Crippen molar-refractivity contribution in [3.8, 4) is 0 Å². The second-order valence-electron chi connectivity index (χ2n) is 14.4. The lowest BCUT2D eigenvalue weighted by molar-refractivity contribution is -0.197. The van der Waals surface area contributed by atoms with Gasteiger partial charge in [-0.05, 0) is 103 Å². The molecule has 0 spiro atoms. The molecule has 2 unspecified atom stereocenters. The van der Waals surface area contributed by atoms with E-state index in [1.807, 2.05) is 6.92 Å². The molecule has 3 nitrogen and oxygen atoms in total. The van der Waals surface area contributed by atoms with Gasteiger partial charge in [0.15, 0.2) is 0 Å². The van der Waals surface area contributed by atoms with Gasteiger partial charge in [0.05, 0.1) is 5.41 Å². The zero-order chi connectivity index (χ0) is 24.2. The number of Topliss-reactive ketones (excluding diaryl/α,β-unsaturated/α-hetero) is 1. The van der Waals surface area contributed by atoms with Crippen molar-refractivity contribution >= 4 is 11.8 Å². The Bertz CT molecular complexity index is 920. The number of carboxylic acid groups (broad SMARTS) is 1. The summed E-state index contributed by atoms with van der Waals surface area (Å²) in [5.74, 6) is 2.01. The summed E-state index contributed by atoms with van der Waals surface area (Å²) in [6, 6.07) is 0. The van der Waals surface area contributed by atoms with Crippen LogP contribution in [-0.4, -0.2) is 16.9 Å². The minimum absolute atomic E-state index is 0.0827. The van der Waals surface area contributed by atoms with Crippen molar-refractivity contribution < 1.29 is 14.7 Å². The highest BCUT2D eigenvalue weighted by atomic mass is 16.4. The SMILES string of the molecule is C[C@H]1[C@H](C)CC[C@]2(C)CC[C@]3(C)C(=CC[C@@H]4[C@@]5(C)CC(=O)CC(C)(C(=O)O)C5CC[C@]43C)[C@H]12. The van der Waals surface area contributed by atoms with Gasteiger partial charge < -0.3 is 5.11 Å². The van der Waals surface area contributed by atoms with Crippen LogP contribution in [0.25, 0.3) is 0 Å². The van der Waals surface area contributed by atoms with E-state index in [1.165, 1.54) is 25.7 Å². The summed E-state index contributed by atoms with van der Waals surface area (Å²) in [6.07, 6.45) is 11.7. The Kier molecular flexibility index (Phi) is 4.99. The Morgan fingerprint density at radius 3 is 2.30 bits per heavy atom. The van der Waals surface area contributed by atoms with Crippen molar-refractivity contribution in [2.45, 2.75) is 106 Å². The lowest BCUT2D eigenvalue weighted by atomic mass is 9.33. The van der Waals surface area contributed by atoms with Crippen LogP contribution in [0.3, 0.4) is 0 Å². The molecule has 0 aromatic rings. The number of ketones is 1. The fourth-order valence-corrected chi connectivity index (χ4v) is 10.8. The Morgan fingerprint density at radius 1 is 0.939 bits per heavy atom. The largest absolute Gasteiger partial charge is 0.481 e. The molecule has 3 heteroatoms.